The lowest BCUT2D eigenvalue weighted by atomic mass is 10.0. The molecule has 0 saturated heterocycles. The predicted molar refractivity (Wildman–Crippen MR) is 103 cm³/mol. The zero-order chi connectivity index (χ0) is 20.1. The largest absolute Gasteiger partial charge is 0.497 e. The van der Waals surface area contributed by atoms with Crippen molar-refractivity contribution in [3.05, 3.63) is 41.0 Å². The Balaban J connectivity index is 1.89. The molecule has 0 saturated carbocycles. The molecule has 0 unspecified atom stereocenters. The Labute approximate surface area is 165 Å². The number of esters is 1. The highest BCUT2D eigenvalue weighted by Gasteiger charge is 2.23. The number of hydrogen-bond donors (Lipinski definition) is 1. The molecule has 3 aromatic rings. The molecule has 0 radical (unpaired) electrons. The van der Waals surface area contributed by atoms with Crippen molar-refractivity contribution in [3.63, 3.8) is 0 Å². The maximum Gasteiger partial charge on any atom is 0.341 e. The van der Waals surface area contributed by atoms with Crippen LogP contribution in [0, 0.1) is 0 Å². The third-order valence-corrected chi connectivity index (χ3v) is 4.85. The number of aromatic nitrogens is 4. The molecular formula is C18H19N5O4S. The Morgan fingerprint density at radius 3 is 2.61 bits per heavy atom. The summed E-state index contributed by atoms with van der Waals surface area (Å²) < 4.78 is 11.8. The van der Waals surface area contributed by atoms with Crippen molar-refractivity contribution in [1.82, 2.24) is 20.2 Å². The number of nitrogens with zero attached hydrogens (tertiary/aromatic N) is 4. The van der Waals surface area contributed by atoms with Gasteiger partial charge in [0.15, 0.2) is 5.82 Å². The zero-order valence-electron chi connectivity index (χ0n) is 15.6. The van der Waals surface area contributed by atoms with E-state index in [2.05, 4.69) is 20.8 Å². The number of nitrogens with one attached hydrogen (secondary N) is 1. The van der Waals surface area contributed by atoms with E-state index in [0.717, 1.165) is 5.56 Å². The van der Waals surface area contributed by atoms with E-state index in [1.54, 1.807) is 33.2 Å². The summed E-state index contributed by atoms with van der Waals surface area (Å²) in [5.74, 6) is 0.307. The predicted octanol–water partition coefficient (Wildman–Crippen LogP) is 2.31. The highest BCUT2D eigenvalue weighted by molar-refractivity contribution is 7.15. The second-order valence-electron chi connectivity index (χ2n) is 5.75. The van der Waals surface area contributed by atoms with Gasteiger partial charge in [-0.05, 0) is 35.0 Å². The van der Waals surface area contributed by atoms with Crippen LogP contribution in [0.15, 0.2) is 29.6 Å². The summed E-state index contributed by atoms with van der Waals surface area (Å²) in [5, 5.41) is 16.0. The molecule has 9 nitrogen and oxygen atoms in total. The zero-order valence-corrected chi connectivity index (χ0v) is 16.4. The van der Waals surface area contributed by atoms with Crippen LogP contribution in [0.5, 0.6) is 5.75 Å². The number of aryl methyl sites for hydroxylation is 1. The minimum atomic E-state index is -0.495. The Kier molecular flexibility index (Phi) is 5.99. The van der Waals surface area contributed by atoms with Crippen LogP contribution in [0.25, 0.3) is 11.1 Å². The summed E-state index contributed by atoms with van der Waals surface area (Å²) in [6.07, 6.45) is -0.0124. The molecule has 28 heavy (non-hydrogen) atoms. The number of hydrogen-bond acceptors (Lipinski definition) is 8. The molecule has 0 aliphatic heterocycles. The third kappa shape index (κ3) is 4.17. The van der Waals surface area contributed by atoms with Gasteiger partial charge >= 0.3 is 5.97 Å². The molecule has 146 valence electrons. The van der Waals surface area contributed by atoms with E-state index in [0.29, 0.717) is 27.7 Å². The molecule has 0 aliphatic rings. The van der Waals surface area contributed by atoms with Gasteiger partial charge in [-0.2, -0.15) is 0 Å². The number of tetrazole rings is 1. The number of carbonyl (C=O) groups excluding carboxylic acids is 2. The number of amides is 1. The number of benzene rings is 1. The summed E-state index contributed by atoms with van der Waals surface area (Å²) in [5.41, 5.74) is 1.82. The molecule has 1 N–H and O–H groups in total. The van der Waals surface area contributed by atoms with Crippen LogP contribution in [-0.4, -0.2) is 45.8 Å². The minimum absolute atomic E-state index is 0.0124. The first-order chi connectivity index (χ1) is 13.5. The van der Waals surface area contributed by atoms with Crippen molar-refractivity contribution in [1.29, 1.82) is 0 Å². The van der Waals surface area contributed by atoms with Gasteiger partial charge in [0, 0.05) is 18.0 Å². The van der Waals surface area contributed by atoms with Crippen LogP contribution >= 0.6 is 11.3 Å². The van der Waals surface area contributed by atoms with Crippen molar-refractivity contribution in [2.45, 2.75) is 13.3 Å². The second kappa shape index (κ2) is 8.61. The number of ether oxygens (including phenoxy) is 2. The normalized spacial score (nSPS) is 10.5. The molecule has 0 spiro atoms. The van der Waals surface area contributed by atoms with Crippen LogP contribution < -0.4 is 10.1 Å². The van der Waals surface area contributed by atoms with Crippen molar-refractivity contribution < 1.29 is 19.1 Å². The van der Waals surface area contributed by atoms with Crippen molar-refractivity contribution in [2.24, 2.45) is 7.05 Å². The summed E-state index contributed by atoms with van der Waals surface area (Å²) in [6, 6.07) is 7.31. The van der Waals surface area contributed by atoms with E-state index in [1.165, 1.54) is 16.0 Å². The first-order valence-corrected chi connectivity index (χ1v) is 9.35. The quantitative estimate of drug-likeness (QED) is 0.605. The average molecular weight is 401 g/mol. The molecule has 0 bridgehead atoms. The van der Waals surface area contributed by atoms with Crippen LogP contribution in [0.2, 0.25) is 0 Å². The van der Waals surface area contributed by atoms with Gasteiger partial charge in [-0.15, -0.1) is 16.4 Å². The van der Waals surface area contributed by atoms with Crippen LogP contribution in [0.4, 0.5) is 5.00 Å². The number of rotatable bonds is 7. The first kappa shape index (κ1) is 19.5. The lowest BCUT2D eigenvalue weighted by Crippen LogP contribution is -2.18. The second-order valence-corrected chi connectivity index (χ2v) is 6.63. The highest BCUT2D eigenvalue weighted by Crippen LogP contribution is 2.36. The molecule has 2 aromatic heterocycles. The van der Waals surface area contributed by atoms with E-state index < -0.39 is 5.97 Å². The number of thiophene rings is 1. The number of anilines is 1. The van der Waals surface area contributed by atoms with E-state index >= 15 is 0 Å². The van der Waals surface area contributed by atoms with Crippen molar-refractivity contribution >= 4 is 28.2 Å². The summed E-state index contributed by atoms with van der Waals surface area (Å²) in [4.78, 5) is 25.0. The number of carbonyl (C=O) groups is 2. The molecule has 10 heteroatoms. The molecule has 0 atom stereocenters. The summed E-state index contributed by atoms with van der Waals surface area (Å²) >= 11 is 1.26. The molecule has 0 fully saturated rings. The van der Waals surface area contributed by atoms with Gasteiger partial charge < -0.3 is 14.8 Å². The molecule has 1 aromatic carbocycles. The van der Waals surface area contributed by atoms with Crippen molar-refractivity contribution in [2.75, 3.05) is 19.0 Å². The number of methoxy groups -OCH3 is 1. The minimum Gasteiger partial charge on any atom is -0.497 e. The van der Waals surface area contributed by atoms with Gasteiger partial charge in [0.1, 0.15) is 16.3 Å². The van der Waals surface area contributed by atoms with Crippen molar-refractivity contribution in [3.8, 4) is 16.9 Å². The Morgan fingerprint density at radius 2 is 2.00 bits per heavy atom. The molecule has 2 heterocycles. The topological polar surface area (TPSA) is 108 Å². The Bertz CT molecular complexity index is 980. The average Bonchev–Trinajstić information content (AvgIpc) is 3.28. The lowest BCUT2D eigenvalue weighted by Gasteiger charge is -2.09. The lowest BCUT2D eigenvalue weighted by molar-refractivity contribution is -0.115. The molecule has 3 rings (SSSR count). The molecular weight excluding hydrogens is 382 g/mol. The van der Waals surface area contributed by atoms with Gasteiger partial charge in [-0.3, -0.25) is 4.79 Å². The van der Waals surface area contributed by atoms with Crippen LogP contribution in [0.3, 0.4) is 0 Å². The van der Waals surface area contributed by atoms with Gasteiger partial charge in [-0.1, -0.05) is 12.1 Å². The first-order valence-electron chi connectivity index (χ1n) is 8.47. The van der Waals surface area contributed by atoms with Crippen LogP contribution in [-0.2, 0) is 23.0 Å². The van der Waals surface area contributed by atoms with E-state index in [9.17, 15) is 9.59 Å². The summed E-state index contributed by atoms with van der Waals surface area (Å²) in [7, 11) is 3.24. The standard InChI is InChI=1S/C18H19N5O4S/c1-4-27-18(25)16-13(11-5-7-12(26-3)8-6-11)10-28-17(16)19-15(24)9-14-20-21-22-23(14)2/h5-8,10H,4,9H2,1-3H3,(H,19,24). The fraction of sp³-hybridized carbons (Fsp3) is 0.278. The van der Waals surface area contributed by atoms with E-state index in [-0.39, 0.29) is 18.9 Å². The summed E-state index contributed by atoms with van der Waals surface area (Å²) in [6.45, 7) is 1.96. The maximum atomic E-state index is 12.6. The molecule has 1 amide bonds. The molecule has 0 aliphatic carbocycles. The highest BCUT2D eigenvalue weighted by atomic mass is 32.1. The van der Waals surface area contributed by atoms with Gasteiger partial charge in [0.25, 0.3) is 0 Å². The van der Waals surface area contributed by atoms with E-state index in [1.807, 2.05) is 17.5 Å². The van der Waals surface area contributed by atoms with Gasteiger partial charge in [0.2, 0.25) is 5.91 Å². The monoisotopic (exact) mass is 401 g/mol. The van der Waals surface area contributed by atoms with Gasteiger partial charge in [-0.25, -0.2) is 9.48 Å². The fourth-order valence-corrected chi connectivity index (χ4v) is 3.52. The smallest absolute Gasteiger partial charge is 0.341 e. The van der Waals surface area contributed by atoms with Crippen LogP contribution in [0.1, 0.15) is 23.1 Å². The Morgan fingerprint density at radius 1 is 1.25 bits per heavy atom. The van der Waals surface area contributed by atoms with E-state index in [4.69, 9.17) is 9.47 Å². The maximum absolute atomic E-state index is 12.6. The third-order valence-electron chi connectivity index (χ3n) is 3.95. The van der Waals surface area contributed by atoms with Gasteiger partial charge in [0.05, 0.1) is 20.1 Å². The fourth-order valence-electron chi connectivity index (χ4n) is 2.55. The Hall–Kier alpha value is -3.27. The SMILES string of the molecule is CCOC(=O)c1c(-c2ccc(OC)cc2)csc1NC(=O)Cc1nnnn1C.